The molecule has 130 valence electrons. The van der Waals surface area contributed by atoms with Crippen molar-refractivity contribution >= 4 is 41.0 Å². The molecule has 0 unspecified atom stereocenters. The molecule has 0 atom stereocenters. The van der Waals surface area contributed by atoms with E-state index in [0.717, 1.165) is 10.5 Å². The number of benzene rings is 2. The molecule has 2 rings (SSSR count). The molecule has 0 aliphatic rings. The molecule has 2 aromatic carbocycles. The molecule has 0 radical (unpaired) electrons. The van der Waals surface area contributed by atoms with Crippen molar-refractivity contribution in [2.24, 2.45) is 5.10 Å². The van der Waals surface area contributed by atoms with Crippen molar-refractivity contribution < 1.29 is 4.92 Å². The van der Waals surface area contributed by atoms with Gasteiger partial charge in [-0.3, -0.25) is 15.5 Å². The minimum Gasteiger partial charge on any atom is -0.362 e. The summed E-state index contributed by atoms with van der Waals surface area (Å²) in [4.78, 5) is 12.5. The van der Waals surface area contributed by atoms with Crippen molar-refractivity contribution in [1.82, 2.24) is 10.7 Å². The number of rotatable bonds is 6. The van der Waals surface area contributed by atoms with Gasteiger partial charge in [0, 0.05) is 23.1 Å². The van der Waals surface area contributed by atoms with E-state index in [-0.39, 0.29) is 10.6 Å². The highest BCUT2D eigenvalue weighted by atomic mass is 32.2. The zero-order valence-corrected chi connectivity index (χ0v) is 15.5. The Kier molecular flexibility index (Phi) is 6.91. The minimum absolute atomic E-state index is 0.0452. The van der Waals surface area contributed by atoms with Gasteiger partial charge < -0.3 is 5.32 Å². The predicted molar refractivity (Wildman–Crippen MR) is 105 cm³/mol. The molecule has 2 aromatic rings. The van der Waals surface area contributed by atoms with Crippen LogP contribution in [0.15, 0.2) is 57.4 Å². The van der Waals surface area contributed by atoms with Gasteiger partial charge in [0.25, 0.3) is 5.69 Å². The van der Waals surface area contributed by atoms with Gasteiger partial charge in [-0.05, 0) is 44.3 Å². The van der Waals surface area contributed by atoms with Gasteiger partial charge in [0.15, 0.2) is 5.11 Å². The van der Waals surface area contributed by atoms with Crippen LogP contribution in [-0.4, -0.2) is 22.8 Å². The Bertz CT molecular complexity index is 792. The van der Waals surface area contributed by atoms with E-state index >= 15 is 0 Å². The van der Waals surface area contributed by atoms with Crippen molar-refractivity contribution in [2.45, 2.75) is 23.6 Å². The largest absolute Gasteiger partial charge is 0.362 e. The maximum Gasteiger partial charge on any atom is 0.283 e. The third-order valence-electron chi connectivity index (χ3n) is 3.15. The van der Waals surface area contributed by atoms with Crippen molar-refractivity contribution in [3.63, 3.8) is 0 Å². The topological polar surface area (TPSA) is 79.6 Å². The Morgan fingerprint density at radius 3 is 2.68 bits per heavy atom. The summed E-state index contributed by atoms with van der Waals surface area (Å²) in [6.45, 7) is 4.62. The Hall–Kier alpha value is -2.45. The third-order valence-corrected chi connectivity index (χ3v) is 4.45. The van der Waals surface area contributed by atoms with Crippen LogP contribution in [0.5, 0.6) is 0 Å². The Morgan fingerprint density at radius 2 is 2.04 bits per heavy atom. The Balaban J connectivity index is 2.16. The zero-order valence-electron chi connectivity index (χ0n) is 13.9. The summed E-state index contributed by atoms with van der Waals surface area (Å²) in [5.74, 6) is 0. The summed E-state index contributed by atoms with van der Waals surface area (Å²) in [7, 11) is 0. The molecule has 0 aromatic heterocycles. The lowest BCUT2D eigenvalue weighted by Crippen LogP contribution is -2.31. The summed E-state index contributed by atoms with van der Waals surface area (Å²) in [5, 5.41) is 18.7. The number of nitro groups is 1. The van der Waals surface area contributed by atoms with Gasteiger partial charge in [0.05, 0.1) is 16.0 Å². The van der Waals surface area contributed by atoms with Crippen molar-refractivity contribution in [3.05, 3.63) is 63.7 Å². The van der Waals surface area contributed by atoms with Crippen molar-refractivity contribution in [3.8, 4) is 0 Å². The van der Waals surface area contributed by atoms with Gasteiger partial charge in [-0.2, -0.15) is 5.10 Å². The van der Waals surface area contributed by atoms with Gasteiger partial charge in [-0.25, -0.2) is 0 Å². The first kappa shape index (κ1) is 18.9. The van der Waals surface area contributed by atoms with E-state index in [2.05, 4.69) is 15.8 Å². The van der Waals surface area contributed by atoms with Crippen molar-refractivity contribution in [2.75, 3.05) is 6.54 Å². The number of hydrogen-bond acceptors (Lipinski definition) is 5. The summed E-state index contributed by atoms with van der Waals surface area (Å²) in [6, 6.07) is 12.9. The van der Waals surface area contributed by atoms with Crippen LogP contribution in [0, 0.1) is 17.0 Å². The smallest absolute Gasteiger partial charge is 0.283 e. The van der Waals surface area contributed by atoms with E-state index in [1.54, 1.807) is 12.1 Å². The molecule has 0 spiro atoms. The fourth-order valence-corrected chi connectivity index (χ4v) is 3.04. The van der Waals surface area contributed by atoms with E-state index in [4.69, 9.17) is 12.2 Å². The predicted octanol–water partition coefficient (Wildman–Crippen LogP) is 3.87. The fraction of sp³-hybridized carbons (Fsp3) is 0.176. The lowest BCUT2D eigenvalue weighted by Gasteiger charge is -2.05. The molecule has 0 amide bonds. The van der Waals surface area contributed by atoms with Gasteiger partial charge in [0.2, 0.25) is 0 Å². The highest BCUT2D eigenvalue weighted by molar-refractivity contribution is 7.99. The first-order chi connectivity index (χ1) is 12.0. The highest BCUT2D eigenvalue weighted by Gasteiger charge is 2.15. The molecule has 0 aliphatic carbocycles. The van der Waals surface area contributed by atoms with E-state index in [1.165, 1.54) is 24.0 Å². The number of hydrogen-bond donors (Lipinski definition) is 2. The number of nitro benzene ring substituents is 1. The van der Waals surface area contributed by atoms with Crippen LogP contribution in [0.3, 0.4) is 0 Å². The molecule has 0 heterocycles. The van der Waals surface area contributed by atoms with Crippen LogP contribution in [0.4, 0.5) is 5.69 Å². The van der Waals surface area contributed by atoms with E-state index < -0.39 is 0 Å². The van der Waals surface area contributed by atoms with Crippen LogP contribution >= 0.6 is 24.0 Å². The van der Waals surface area contributed by atoms with Gasteiger partial charge in [-0.15, -0.1) is 0 Å². The molecular weight excluding hydrogens is 356 g/mol. The van der Waals surface area contributed by atoms with E-state index in [1.807, 2.05) is 38.1 Å². The van der Waals surface area contributed by atoms with Gasteiger partial charge in [-0.1, -0.05) is 35.5 Å². The monoisotopic (exact) mass is 374 g/mol. The molecule has 0 saturated carbocycles. The number of nitrogens with zero attached hydrogens (tertiary/aromatic N) is 2. The summed E-state index contributed by atoms with van der Waals surface area (Å²) in [5.41, 5.74) is 4.46. The van der Waals surface area contributed by atoms with Crippen LogP contribution < -0.4 is 10.7 Å². The average Bonchev–Trinajstić information content (AvgIpc) is 2.58. The molecule has 25 heavy (non-hydrogen) atoms. The minimum atomic E-state index is -0.384. The van der Waals surface area contributed by atoms with Crippen LogP contribution in [0.25, 0.3) is 0 Å². The fourth-order valence-electron chi connectivity index (χ4n) is 1.94. The maximum atomic E-state index is 11.4. The van der Waals surface area contributed by atoms with Gasteiger partial charge in [0.1, 0.15) is 0 Å². The second-order valence-electron chi connectivity index (χ2n) is 5.13. The molecule has 0 fully saturated rings. The average molecular weight is 374 g/mol. The third kappa shape index (κ3) is 5.84. The van der Waals surface area contributed by atoms with E-state index in [0.29, 0.717) is 22.1 Å². The second kappa shape index (κ2) is 9.14. The molecule has 0 aliphatic heterocycles. The Morgan fingerprint density at radius 1 is 1.32 bits per heavy atom. The number of thiocarbonyl (C=S) groups is 1. The molecule has 6 nitrogen and oxygen atoms in total. The lowest BCUT2D eigenvalue weighted by atomic mass is 10.2. The number of hydrazone groups is 1. The summed E-state index contributed by atoms with van der Waals surface area (Å²) >= 11 is 6.35. The molecular formula is C17H18N4O2S2. The second-order valence-corrected chi connectivity index (χ2v) is 6.65. The number of nitrogens with one attached hydrogen (secondary N) is 2. The first-order valence-corrected chi connectivity index (χ1v) is 8.82. The highest BCUT2D eigenvalue weighted by Crippen LogP contribution is 2.35. The quantitative estimate of drug-likeness (QED) is 0.346. The van der Waals surface area contributed by atoms with Crippen LogP contribution in [0.2, 0.25) is 0 Å². The summed E-state index contributed by atoms with van der Waals surface area (Å²) in [6.07, 6.45) is 1.50. The summed E-state index contributed by atoms with van der Waals surface area (Å²) < 4.78 is 0. The lowest BCUT2D eigenvalue weighted by molar-refractivity contribution is -0.387. The zero-order chi connectivity index (χ0) is 18.2. The normalized spacial score (nSPS) is 10.6. The number of aryl methyl sites for hydroxylation is 1. The molecule has 8 heteroatoms. The SMILES string of the molecule is CCNC(=S)N/N=C/c1ccc(Sc2ccc(C)cc2)c([N+](=O)[O-])c1. The molecule has 2 N–H and O–H groups in total. The van der Waals surface area contributed by atoms with Crippen LogP contribution in [0.1, 0.15) is 18.1 Å². The molecule has 0 bridgehead atoms. The maximum absolute atomic E-state index is 11.4. The van der Waals surface area contributed by atoms with Crippen LogP contribution in [-0.2, 0) is 0 Å². The molecule has 0 saturated heterocycles. The Labute approximate surface area is 155 Å². The first-order valence-electron chi connectivity index (χ1n) is 7.59. The van der Waals surface area contributed by atoms with Crippen molar-refractivity contribution in [1.29, 1.82) is 0 Å². The van der Waals surface area contributed by atoms with E-state index in [9.17, 15) is 10.1 Å². The van der Waals surface area contributed by atoms with Gasteiger partial charge >= 0.3 is 0 Å². The standard InChI is InChI=1S/C17H18N4O2S2/c1-3-18-17(24)20-19-11-13-6-9-16(15(10-13)21(22)23)25-14-7-4-12(2)5-8-14/h4-11H,3H2,1-2H3,(H2,18,20,24)/b19-11+.